The number of likely N-dealkylation sites (N-methyl/N-ethyl adjacent to an activating group) is 1. The number of halogens is 1. The minimum Gasteiger partial charge on any atom is -0.446 e. The fourth-order valence-corrected chi connectivity index (χ4v) is 4.24. The molecule has 184 valence electrons. The summed E-state index contributed by atoms with van der Waals surface area (Å²) in [5.74, 6) is -0.550. The zero-order valence-corrected chi connectivity index (χ0v) is 21.2. The van der Waals surface area contributed by atoms with Gasteiger partial charge in [-0.2, -0.15) is 0 Å². The van der Waals surface area contributed by atoms with Crippen LogP contribution < -0.4 is 15.4 Å². The minimum absolute atomic E-state index is 0.270. The van der Waals surface area contributed by atoms with Crippen molar-refractivity contribution in [3.63, 3.8) is 0 Å². The molecule has 1 atom stereocenters. The lowest BCUT2D eigenvalue weighted by Crippen LogP contribution is -2.58. The minimum atomic E-state index is -1.60. The van der Waals surface area contributed by atoms with Gasteiger partial charge in [0.2, 0.25) is 0 Å². The molecule has 9 nitrogen and oxygen atoms in total. The van der Waals surface area contributed by atoms with Crippen LogP contribution in [0.1, 0.15) is 18.1 Å². The highest BCUT2D eigenvalue weighted by Gasteiger charge is 2.38. The summed E-state index contributed by atoms with van der Waals surface area (Å²) in [7, 11) is 5.13. The van der Waals surface area contributed by atoms with Gasteiger partial charge in [0, 0.05) is 32.9 Å². The second-order valence-corrected chi connectivity index (χ2v) is 10.3. The van der Waals surface area contributed by atoms with Crippen molar-refractivity contribution < 1.29 is 23.9 Å². The number of anilines is 1. The highest BCUT2D eigenvalue weighted by molar-refractivity contribution is 7.17. The molecule has 0 radical (unpaired) electrons. The monoisotopic (exact) mass is 508 g/mol. The Labute approximate surface area is 208 Å². The van der Waals surface area contributed by atoms with Crippen molar-refractivity contribution in [1.29, 1.82) is 0 Å². The summed E-state index contributed by atoms with van der Waals surface area (Å²) in [5.41, 5.74) is 1.42. The lowest BCUT2D eigenvalue weighted by Gasteiger charge is -2.29. The first-order valence-electron chi connectivity index (χ1n) is 10.8. The van der Waals surface area contributed by atoms with E-state index >= 15 is 0 Å². The number of nitrogens with one attached hydrogen (secondary N) is 2. The number of hydrogen-bond acceptors (Lipinski definition) is 7. The first-order chi connectivity index (χ1) is 16.1. The predicted molar refractivity (Wildman–Crippen MR) is 132 cm³/mol. The Bertz CT molecular complexity index is 1060. The molecule has 1 aliphatic rings. The summed E-state index contributed by atoms with van der Waals surface area (Å²) in [6.45, 7) is 2.98. The quantitative estimate of drug-likeness (QED) is 0.618. The van der Waals surface area contributed by atoms with Crippen LogP contribution in [0.3, 0.4) is 0 Å². The number of amides is 3. The number of thiophene rings is 1. The standard InChI is InChI=1S/C23H29ClN4O5S/c1-23(14-32-22(31)27(2)3,26-21(30)33-19-8-7-18(24)34-19)20(29)25-17-6-5-15-9-11-28(4)12-10-16(15)13-17/h5-8,13H,9-12,14H2,1-4H3,(H,25,29)(H,26,30)/t23-/m1/s1. The van der Waals surface area contributed by atoms with E-state index in [0.717, 1.165) is 37.3 Å². The Kier molecular flexibility index (Phi) is 8.40. The maximum absolute atomic E-state index is 13.3. The molecule has 1 aromatic heterocycles. The van der Waals surface area contributed by atoms with Crippen molar-refractivity contribution in [2.45, 2.75) is 25.3 Å². The van der Waals surface area contributed by atoms with Crippen molar-refractivity contribution in [2.75, 3.05) is 46.2 Å². The summed E-state index contributed by atoms with van der Waals surface area (Å²) in [6.07, 6.45) is 0.301. The molecular weight excluding hydrogens is 480 g/mol. The molecule has 0 saturated heterocycles. The molecule has 3 amide bonds. The van der Waals surface area contributed by atoms with Crippen molar-refractivity contribution in [1.82, 2.24) is 15.1 Å². The van der Waals surface area contributed by atoms with Gasteiger partial charge in [-0.1, -0.05) is 29.0 Å². The molecule has 3 rings (SSSR count). The van der Waals surface area contributed by atoms with Crippen molar-refractivity contribution in [3.8, 4) is 5.06 Å². The molecule has 2 aromatic rings. The number of nitrogens with zero attached hydrogens (tertiary/aromatic N) is 2. The number of fused-ring (bicyclic) bond motifs is 1. The first kappa shape index (κ1) is 25.8. The van der Waals surface area contributed by atoms with Crippen LogP contribution in [-0.2, 0) is 22.4 Å². The molecule has 0 fully saturated rings. The van der Waals surface area contributed by atoms with Crippen LogP contribution in [0, 0.1) is 0 Å². The van der Waals surface area contributed by atoms with Crippen LogP contribution in [0.5, 0.6) is 5.06 Å². The average molecular weight is 509 g/mol. The summed E-state index contributed by atoms with van der Waals surface area (Å²) < 4.78 is 10.9. The van der Waals surface area contributed by atoms with Crippen molar-refractivity contribution in [3.05, 3.63) is 45.8 Å². The van der Waals surface area contributed by atoms with Crippen LogP contribution >= 0.6 is 22.9 Å². The summed E-state index contributed by atoms with van der Waals surface area (Å²) in [5, 5.41) is 5.65. The third-order valence-electron chi connectivity index (χ3n) is 5.46. The third-order valence-corrected chi connectivity index (χ3v) is 6.57. The zero-order valence-electron chi connectivity index (χ0n) is 19.6. The Hall–Kier alpha value is -2.82. The van der Waals surface area contributed by atoms with Gasteiger partial charge in [-0.25, -0.2) is 9.59 Å². The largest absolute Gasteiger partial charge is 0.446 e. The lowest BCUT2D eigenvalue weighted by atomic mass is 10.0. The van der Waals surface area contributed by atoms with Crippen LogP contribution in [0.4, 0.5) is 15.3 Å². The van der Waals surface area contributed by atoms with Gasteiger partial charge in [0.1, 0.15) is 6.61 Å². The van der Waals surface area contributed by atoms with Crippen LogP contribution in [0.2, 0.25) is 4.34 Å². The van der Waals surface area contributed by atoms with Gasteiger partial charge in [0.15, 0.2) is 10.6 Å². The van der Waals surface area contributed by atoms with E-state index in [-0.39, 0.29) is 5.06 Å². The normalized spacial score (nSPS) is 15.3. The number of hydrogen-bond donors (Lipinski definition) is 2. The Morgan fingerprint density at radius 2 is 1.85 bits per heavy atom. The fraction of sp³-hybridized carbons (Fsp3) is 0.435. The molecule has 34 heavy (non-hydrogen) atoms. The maximum atomic E-state index is 13.3. The smallest absolute Gasteiger partial charge is 0.414 e. The second kappa shape index (κ2) is 11.1. The van der Waals surface area contributed by atoms with Gasteiger partial charge >= 0.3 is 12.2 Å². The molecule has 2 N–H and O–H groups in total. The zero-order chi connectivity index (χ0) is 24.9. The van der Waals surface area contributed by atoms with Crippen LogP contribution in [0.25, 0.3) is 0 Å². The van der Waals surface area contributed by atoms with E-state index in [1.165, 1.54) is 37.0 Å². The number of ether oxygens (including phenoxy) is 2. The summed E-state index contributed by atoms with van der Waals surface area (Å²) in [6, 6.07) is 8.93. The second-order valence-electron chi connectivity index (χ2n) is 8.60. The molecule has 2 heterocycles. The molecule has 0 spiro atoms. The molecule has 1 aromatic carbocycles. The van der Waals surface area contributed by atoms with Crippen molar-refractivity contribution >= 4 is 46.7 Å². The molecule has 1 aliphatic heterocycles. The highest BCUT2D eigenvalue weighted by atomic mass is 35.5. The molecule has 11 heteroatoms. The Balaban J connectivity index is 1.75. The van der Waals surface area contributed by atoms with Crippen LogP contribution in [-0.4, -0.2) is 74.3 Å². The topological polar surface area (TPSA) is 100 Å². The summed E-state index contributed by atoms with van der Waals surface area (Å²) >= 11 is 6.95. The van der Waals surface area contributed by atoms with Gasteiger partial charge in [0.05, 0.1) is 4.34 Å². The lowest BCUT2D eigenvalue weighted by molar-refractivity contribution is -0.123. The van der Waals surface area contributed by atoms with E-state index in [4.69, 9.17) is 21.1 Å². The number of benzene rings is 1. The SMILES string of the molecule is CN1CCc2ccc(NC(=O)[C@@](C)(COC(=O)N(C)C)NC(=O)Oc3ccc(Cl)s3)cc2CC1. The molecule has 0 aliphatic carbocycles. The summed E-state index contributed by atoms with van der Waals surface area (Å²) in [4.78, 5) is 41.3. The van der Waals surface area contributed by atoms with E-state index in [9.17, 15) is 14.4 Å². The van der Waals surface area contributed by atoms with Gasteiger partial charge in [-0.05, 0) is 62.2 Å². The highest BCUT2D eigenvalue weighted by Crippen LogP contribution is 2.28. The van der Waals surface area contributed by atoms with E-state index < -0.39 is 30.2 Å². The average Bonchev–Trinajstić information content (AvgIpc) is 3.09. The van der Waals surface area contributed by atoms with Crippen molar-refractivity contribution in [2.24, 2.45) is 0 Å². The van der Waals surface area contributed by atoms with E-state index in [1.807, 2.05) is 18.2 Å². The van der Waals surface area contributed by atoms with E-state index in [0.29, 0.717) is 10.0 Å². The Morgan fingerprint density at radius 3 is 2.50 bits per heavy atom. The fourth-order valence-electron chi connectivity index (χ4n) is 3.37. The molecule has 0 unspecified atom stereocenters. The van der Waals surface area contributed by atoms with Crippen LogP contribution in [0.15, 0.2) is 30.3 Å². The van der Waals surface area contributed by atoms with Gasteiger partial charge in [-0.15, -0.1) is 0 Å². The van der Waals surface area contributed by atoms with E-state index in [2.05, 4.69) is 22.6 Å². The number of carbonyl (C=O) groups is 3. The van der Waals surface area contributed by atoms with Gasteiger partial charge < -0.3 is 29.9 Å². The first-order valence-corrected chi connectivity index (χ1v) is 12.0. The molecular formula is C23H29ClN4O5S. The predicted octanol–water partition coefficient (Wildman–Crippen LogP) is 3.62. The number of carbonyl (C=O) groups excluding carboxylic acids is 3. The Morgan fingerprint density at radius 1 is 1.15 bits per heavy atom. The molecule has 0 bridgehead atoms. The maximum Gasteiger partial charge on any atom is 0.414 e. The third kappa shape index (κ3) is 6.85. The van der Waals surface area contributed by atoms with Gasteiger partial charge in [0.25, 0.3) is 5.91 Å². The molecule has 0 saturated carbocycles. The number of rotatable bonds is 6. The van der Waals surface area contributed by atoms with E-state index in [1.54, 1.807) is 12.1 Å². The van der Waals surface area contributed by atoms with Gasteiger partial charge in [-0.3, -0.25) is 4.79 Å².